The van der Waals surface area contributed by atoms with E-state index >= 15 is 0 Å². The van der Waals surface area contributed by atoms with Crippen LogP contribution in [0.5, 0.6) is 0 Å². The maximum absolute atomic E-state index is 5.42. The van der Waals surface area contributed by atoms with Crippen LogP contribution in [-0.2, 0) is 5.75 Å². The van der Waals surface area contributed by atoms with Crippen molar-refractivity contribution in [2.24, 2.45) is 5.73 Å². The van der Waals surface area contributed by atoms with Gasteiger partial charge in [0.25, 0.3) is 0 Å². The molecule has 0 unspecified atom stereocenters. The number of halogens is 2. The first kappa shape index (κ1) is 15.6. The molecular formula is C10H15Cl2N3S. The van der Waals surface area contributed by atoms with Gasteiger partial charge in [0, 0.05) is 12.3 Å². The van der Waals surface area contributed by atoms with E-state index < -0.39 is 0 Å². The maximum Gasteiger partial charge on any atom is 0.117 e. The van der Waals surface area contributed by atoms with E-state index in [2.05, 4.69) is 9.97 Å². The highest BCUT2D eigenvalue weighted by atomic mass is 35.5. The minimum atomic E-state index is 0. The number of aromatic nitrogens is 2. The van der Waals surface area contributed by atoms with Gasteiger partial charge in [-0.1, -0.05) is 12.1 Å². The number of hydrogen-bond acceptors (Lipinski definition) is 3. The molecule has 1 aromatic carbocycles. The Morgan fingerprint density at radius 3 is 2.69 bits per heavy atom. The van der Waals surface area contributed by atoms with Crippen molar-refractivity contribution < 1.29 is 0 Å². The summed E-state index contributed by atoms with van der Waals surface area (Å²) in [5.74, 6) is 2.92. The van der Waals surface area contributed by atoms with Crippen LogP contribution in [0, 0.1) is 0 Å². The van der Waals surface area contributed by atoms with E-state index in [1.807, 2.05) is 24.3 Å². The summed E-state index contributed by atoms with van der Waals surface area (Å²) in [5, 5.41) is 0. The molecule has 2 rings (SSSR count). The number of H-pyrrole nitrogens is 1. The second kappa shape index (κ2) is 7.79. The number of para-hydroxylation sites is 2. The third-order valence-electron chi connectivity index (χ3n) is 1.94. The molecule has 0 bridgehead atoms. The Morgan fingerprint density at radius 1 is 1.25 bits per heavy atom. The number of aromatic amines is 1. The monoisotopic (exact) mass is 279 g/mol. The zero-order chi connectivity index (χ0) is 9.80. The van der Waals surface area contributed by atoms with Crippen LogP contribution in [0.15, 0.2) is 24.3 Å². The minimum Gasteiger partial charge on any atom is -0.341 e. The second-order valence-corrected chi connectivity index (χ2v) is 4.15. The number of nitrogens with two attached hydrogens (primary N) is 1. The van der Waals surface area contributed by atoms with Crippen molar-refractivity contribution >= 4 is 47.6 Å². The number of thioether (sulfide) groups is 1. The zero-order valence-electron chi connectivity index (χ0n) is 8.68. The Balaban J connectivity index is 0.00000112. The van der Waals surface area contributed by atoms with Crippen molar-refractivity contribution in [2.45, 2.75) is 5.75 Å². The number of nitrogens with one attached hydrogen (secondary N) is 1. The van der Waals surface area contributed by atoms with Crippen molar-refractivity contribution in [3.8, 4) is 0 Å². The first-order valence-corrected chi connectivity index (χ1v) is 5.77. The predicted molar refractivity (Wildman–Crippen MR) is 75.8 cm³/mol. The lowest BCUT2D eigenvalue weighted by atomic mass is 10.3. The van der Waals surface area contributed by atoms with Crippen LogP contribution in [0.1, 0.15) is 5.82 Å². The SMILES string of the molecule is Cl.Cl.NCCSCc1nc2ccccc2[nH]1. The Morgan fingerprint density at radius 2 is 2.00 bits per heavy atom. The van der Waals surface area contributed by atoms with Crippen molar-refractivity contribution in [1.82, 2.24) is 9.97 Å². The lowest BCUT2D eigenvalue weighted by Crippen LogP contribution is -2.01. The van der Waals surface area contributed by atoms with E-state index in [1.165, 1.54) is 0 Å². The topological polar surface area (TPSA) is 54.7 Å². The van der Waals surface area contributed by atoms with Crippen LogP contribution in [0.2, 0.25) is 0 Å². The number of benzene rings is 1. The largest absolute Gasteiger partial charge is 0.341 e. The fourth-order valence-electron chi connectivity index (χ4n) is 1.33. The third-order valence-corrected chi connectivity index (χ3v) is 2.94. The normalized spacial score (nSPS) is 9.56. The Kier molecular flexibility index (Phi) is 7.58. The molecule has 0 saturated carbocycles. The molecule has 0 fully saturated rings. The molecule has 0 aliphatic heterocycles. The van der Waals surface area contributed by atoms with Gasteiger partial charge in [-0.2, -0.15) is 11.8 Å². The smallest absolute Gasteiger partial charge is 0.117 e. The number of hydrogen-bond donors (Lipinski definition) is 2. The molecule has 90 valence electrons. The molecular weight excluding hydrogens is 265 g/mol. The Labute approximate surface area is 111 Å². The van der Waals surface area contributed by atoms with Gasteiger partial charge in [-0.05, 0) is 12.1 Å². The first-order valence-electron chi connectivity index (χ1n) is 4.61. The second-order valence-electron chi connectivity index (χ2n) is 3.04. The van der Waals surface area contributed by atoms with Crippen LogP contribution < -0.4 is 5.73 Å². The molecule has 3 N–H and O–H groups in total. The van der Waals surface area contributed by atoms with Gasteiger partial charge in [0.1, 0.15) is 5.82 Å². The highest BCUT2D eigenvalue weighted by molar-refractivity contribution is 7.98. The van der Waals surface area contributed by atoms with E-state index in [0.29, 0.717) is 0 Å². The molecule has 0 aliphatic rings. The van der Waals surface area contributed by atoms with Gasteiger partial charge in [0.05, 0.1) is 16.8 Å². The van der Waals surface area contributed by atoms with Crippen molar-refractivity contribution in [1.29, 1.82) is 0 Å². The standard InChI is InChI=1S/C10H13N3S.2ClH/c11-5-6-14-7-10-12-8-3-1-2-4-9(8)13-10;;/h1-4H,5-7,11H2,(H,12,13);2*1H. The number of imidazole rings is 1. The van der Waals surface area contributed by atoms with Gasteiger partial charge in [0.15, 0.2) is 0 Å². The summed E-state index contributed by atoms with van der Waals surface area (Å²) in [4.78, 5) is 7.75. The van der Waals surface area contributed by atoms with Crippen molar-refractivity contribution in [3.05, 3.63) is 30.1 Å². The summed E-state index contributed by atoms with van der Waals surface area (Å²) in [5.41, 5.74) is 7.56. The van der Waals surface area contributed by atoms with E-state index in [4.69, 9.17) is 5.73 Å². The molecule has 2 aromatic rings. The fourth-order valence-corrected chi connectivity index (χ4v) is 1.97. The molecule has 1 aromatic heterocycles. The molecule has 0 amide bonds. The summed E-state index contributed by atoms with van der Waals surface area (Å²) in [7, 11) is 0. The quantitative estimate of drug-likeness (QED) is 0.846. The van der Waals surface area contributed by atoms with Crippen LogP contribution in [0.4, 0.5) is 0 Å². The molecule has 3 nitrogen and oxygen atoms in total. The van der Waals surface area contributed by atoms with Gasteiger partial charge >= 0.3 is 0 Å². The van der Waals surface area contributed by atoms with Crippen molar-refractivity contribution in [2.75, 3.05) is 12.3 Å². The van der Waals surface area contributed by atoms with E-state index in [0.717, 1.165) is 34.9 Å². The summed E-state index contributed by atoms with van der Waals surface area (Å²) < 4.78 is 0. The molecule has 0 saturated heterocycles. The highest BCUT2D eigenvalue weighted by Crippen LogP contribution is 2.14. The van der Waals surface area contributed by atoms with Gasteiger partial charge in [-0.3, -0.25) is 0 Å². The molecule has 0 aliphatic carbocycles. The molecule has 1 heterocycles. The fraction of sp³-hybridized carbons (Fsp3) is 0.300. The van der Waals surface area contributed by atoms with Gasteiger partial charge in [-0.25, -0.2) is 4.98 Å². The Hall–Kier alpha value is -0.420. The number of fused-ring (bicyclic) bond motifs is 1. The molecule has 0 atom stereocenters. The van der Waals surface area contributed by atoms with Crippen LogP contribution in [0.3, 0.4) is 0 Å². The lowest BCUT2D eigenvalue weighted by molar-refractivity contribution is 1.12. The highest BCUT2D eigenvalue weighted by Gasteiger charge is 2.00. The predicted octanol–water partition coefficient (Wildman–Crippen LogP) is 2.60. The zero-order valence-corrected chi connectivity index (χ0v) is 11.1. The third kappa shape index (κ3) is 3.87. The Bertz CT molecular complexity index is 386. The van der Waals surface area contributed by atoms with Crippen molar-refractivity contribution in [3.63, 3.8) is 0 Å². The summed E-state index contributed by atoms with van der Waals surface area (Å²) >= 11 is 1.80. The average molecular weight is 280 g/mol. The number of nitrogens with zero attached hydrogens (tertiary/aromatic N) is 1. The first-order chi connectivity index (χ1) is 6.90. The van der Waals surface area contributed by atoms with E-state index in [1.54, 1.807) is 11.8 Å². The lowest BCUT2D eigenvalue weighted by Gasteiger charge is -1.94. The minimum absolute atomic E-state index is 0. The average Bonchev–Trinajstić information content (AvgIpc) is 2.60. The summed E-state index contributed by atoms with van der Waals surface area (Å²) in [6.07, 6.45) is 0. The summed E-state index contributed by atoms with van der Waals surface area (Å²) in [6.45, 7) is 0.727. The van der Waals surface area contributed by atoms with Gasteiger partial charge in [0.2, 0.25) is 0 Å². The van der Waals surface area contributed by atoms with E-state index in [-0.39, 0.29) is 24.8 Å². The molecule has 6 heteroatoms. The van der Waals surface area contributed by atoms with Crippen LogP contribution in [0.25, 0.3) is 11.0 Å². The number of rotatable bonds is 4. The molecule has 0 radical (unpaired) electrons. The van der Waals surface area contributed by atoms with Gasteiger partial charge in [-0.15, -0.1) is 24.8 Å². The molecule has 0 spiro atoms. The maximum atomic E-state index is 5.42. The van der Waals surface area contributed by atoms with Gasteiger partial charge < -0.3 is 10.7 Å². The summed E-state index contributed by atoms with van der Waals surface area (Å²) in [6, 6.07) is 8.07. The van der Waals surface area contributed by atoms with E-state index in [9.17, 15) is 0 Å². The molecule has 16 heavy (non-hydrogen) atoms. The van der Waals surface area contributed by atoms with Crippen LogP contribution >= 0.6 is 36.6 Å². The van der Waals surface area contributed by atoms with Crippen LogP contribution in [-0.4, -0.2) is 22.3 Å².